The van der Waals surface area contributed by atoms with Gasteiger partial charge in [0.05, 0.1) is 0 Å². The highest BCUT2D eigenvalue weighted by Crippen LogP contribution is 2.26. The maximum Gasteiger partial charge on any atom is 0.235 e. The van der Waals surface area contributed by atoms with Crippen LogP contribution in [0.4, 0.5) is 0 Å². The van der Waals surface area contributed by atoms with E-state index < -0.39 is 0 Å². The number of carbonyl (C=O) groups excluding carboxylic acids is 1. The Morgan fingerprint density at radius 3 is 2.12 bits per heavy atom. The summed E-state index contributed by atoms with van der Waals surface area (Å²) in [6, 6.07) is 15.8. The lowest BCUT2D eigenvalue weighted by Gasteiger charge is -2.11. The third kappa shape index (κ3) is 2.60. The zero-order valence-electron chi connectivity index (χ0n) is 9.08. The first kappa shape index (κ1) is 11.1. The number of phenols is 1. The second-order valence-corrected chi connectivity index (χ2v) is 3.63. The Morgan fingerprint density at radius 1 is 0.941 bits per heavy atom. The molecule has 0 bridgehead atoms. The van der Waals surface area contributed by atoms with E-state index in [0.29, 0.717) is 0 Å². The number of aromatic hydroxyl groups is 1. The minimum Gasteiger partial charge on any atom is -0.508 e. The second kappa shape index (κ2) is 5.10. The van der Waals surface area contributed by atoms with Gasteiger partial charge in [-0.15, -0.1) is 0 Å². The van der Waals surface area contributed by atoms with Gasteiger partial charge in [-0.05, 0) is 23.3 Å². The average molecular weight is 225 g/mol. The maximum atomic E-state index is 10.5. The highest BCUT2D eigenvalue weighted by molar-refractivity contribution is 5.41. The molecule has 2 rings (SSSR count). The monoisotopic (exact) mass is 225 g/mol. The van der Waals surface area contributed by atoms with Crippen molar-refractivity contribution >= 4 is 6.08 Å². The molecule has 17 heavy (non-hydrogen) atoms. The molecule has 84 valence electrons. The smallest absolute Gasteiger partial charge is 0.235 e. The Morgan fingerprint density at radius 2 is 1.53 bits per heavy atom. The highest BCUT2D eigenvalue weighted by Gasteiger charge is 2.12. The lowest BCUT2D eigenvalue weighted by atomic mass is 9.99. The Bertz CT molecular complexity index is 528. The molecule has 0 amide bonds. The van der Waals surface area contributed by atoms with Gasteiger partial charge in [0.2, 0.25) is 6.08 Å². The number of aliphatic imine (C=N–C) groups is 1. The molecular formula is C14H11NO2. The molecule has 0 spiro atoms. The molecule has 1 N–H and O–H groups in total. The topological polar surface area (TPSA) is 49.7 Å². The summed E-state index contributed by atoms with van der Waals surface area (Å²) in [4.78, 5) is 14.3. The van der Waals surface area contributed by atoms with Crippen molar-refractivity contribution in [1.29, 1.82) is 0 Å². The van der Waals surface area contributed by atoms with Crippen LogP contribution in [0.3, 0.4) is 0 Å². The first-order valence-electron chi connectivity index (χ1n) is 5.22. The van der Waals surface area contributed by atoms with Crippen LogP contribution in [0.2, 0.25) is 0 Å². The summed E-state index contributed by atoms with van der Waals surface area (Å²) in [6.45, 7) is 0. The van der Waals surface area contributed by atoms with Crippen LogP contribution in [0.1, 0.15) is 17.2 Å². The van der Waals surface area contributed by atoms with E-state index in [9.17, 15) is 9.90 Å². The largest absolute Gasteiger partial charge is 0.508 e. The van der Waals surface area contributed by atoms with Gasteiger partial charge in [-0.3, -0.25) is 0 Å². The summed E-state index contributed by atoms with van der Waals surface area (Å²) >= 11 is 0. The van der Waals surface area contributed by atoms with E-state index in [1.54, 1.807) is 30.3 Å². The third-order valence-electron chi connectivity index (χ3n) is 2.51. The van der Waals surface area contributed by atoms with Gasteiger partial charge in [-0.25, -0.2) is 4.79 Å². The fraction of sp³-hybridized carbons (Fsp3) is 0.0714. The molecule has 1 unspecified atom stereocenters. The first-order valence-corrected chi connectivity index (χ1v) is 5.22. The normalized spacial score (nSPS) is 11.5. The standard InChI is InChI=1S/C14H11NO2/c16-10-15-14(11-4-2-1-3-5-11)12-6-8-13(17)9-7-12/h1-9,14,17H. The molecular weight excluding hydrogens is 214 g/mol. The molecule has 0 radical (unpaired) electrons. The number of hydrogen-bond donors (Lipinski definition) is 1. The summed E-state index contributed by atoms with van der Waals surface area (Å²) < 4.78 is 0. The average Bonchev–Trinajstić information content (AvgIpc) is 2.38. The van der Waals surface area contributed by atoms with E-state index in [-0.39, 0.29) is 11.8 Å². The third-order valence-corrected chi connectivity index (χ3v) is 2.51. The van der Waals surface area contributed by atoms with Crippen molar-refractivity contribution in [3.8, 4) is 5.75 Å². The highest BCUT2D eigenvalue weighted by atomic mass is 16.3. The molecule has 0 aliphatic carbocycles. The van der Waals surface area contributed by atoms with Crippen LogP contribution in [0.15, 0.2) is 59.6 Å². The van der Waals surface area contributed by atoms with Crippen molar-refractivity contribution in [1.82, 2.24) is 0 Å². The fourth-order valence-corrected chi connectivity index (χ4v) is 1.69. The Balaban J connectivity index is 2.42. The summed E-state index contributed by atoms with van der Waals surface area (Å²) in [6.07, 6.45) is 1.59. The molecule has 2 aromatic carbocycles. The van der Waals surface area contributed by atoms with Crippen LogP contribution in [-0.2, 0) is 4.79 Å². The minimum absolute atomic E-state index is 0.190. The number of rotatable bonds is 3. The molecule has 0 heterocycles. The molecule has 0 aliphatic rings. The molecule has 0 aliphatic heterocycles. The van der Waals surface area contributed by atoms with Gasteiger partial charge in [0.15, 0.2) is 0 Å². The minimum atomic E-state index is -0.366. The van der Waals surface area contributed by atoms with Gasteiger partial charge in [0.1, 0.15) is 11.8 Å². The molecule has 3 nitrogen and oxygen atoms in total. The molecule has 2 aromatic rings. The van der Waals surface area contributed by atoms with Crippen molar-refractivity contribution in [3.05, 3.63) is 65.7 Å². The van der Waals surface area contributed by atoms with E-state index in [2.05, 4.69) is 4.99 Å². The van der Waals surface area contributed by atoms with Crippen molar-refractivity contribution in [3.63, 3.8) is 0 Å². The SMILES string of the molecule is O=C=NC(c1ccccc1)c1ccc(O)cc1. The summed E-state index contributed by atoms with van der Waals surface area (Å²) in [5, 5.41) is 9.23. The Hall–Kier alpha value is -2.38. The van der Waals surface area contributed by atoms with Crippen LogP contribution in [-0.4, -0.2) is 11.2 Å². The molecule has 0 saturated heterocycles. The van der Waals surface area contributed by atoms with Gasteiger partial charge in [-0.2, -0.15) is 4.99 Å². The van der Waals surface area contributed by atoms with Gasteiger partial charge in [0.25, 0.3) is 0 Å². The molecule has 3 heteroatoms. The quantitative estimate of drug-likeness (QED) is 0.645. The van der Waals surface area contributed by atoms with Crippen molar-refractivity contribution in [2.24, 2.45) is 4.99 Å². The van der Waals surface area contributed by atoms with Crippen molar-refractivity contribution < 1.29 is 9.90 Å². The van der Waals surface area contributed by atoms with Crippen molar-refractivity contribution in [2.45, 2.75) is 6.04 Å². The summed E-state index contributed by atoms with van der Waals surface area (Å²) in [5.74, 6) is 0.190. The molecule has 0 saturated carbocycles. The van der Waals surface area contributed by atoms with Crippen LogP contribution in [0.5, 0.6) is 5.75 Å². The fourth-order valence-electron chi connectivity index (χ4n) is 1.69. The number of benzene rings is 2. The number of isocyanates is 1. The molecule has 0 aromatic heterocycles. The zero-order chi connectivity index (χ0) is 12.1. The predicted octanol–water partition coefficient (Wildman–Crippen LogP) is 2.82. The number of nitrogens with zero attached hydrogens (tertiary/aromatic N) is 1. The van der Waals surface area contributed by atoms with Gasteiger partial charge in [-0.1, -0.05) is 42.5 Å². The summed E-state index contributed by atoms with van der Waals surface area (Å²) in [5.41, 5.74) is 1.76. The van der Waals surface area contributed by atoms with E-state index in [1.807, 2.05) is 30.3 Å². The van der Waals surface area contributed by atoms with E-state index in [0.717, 1.165) is 11.1 Å². The van der Waals surface area contributed by atoms with Crippen molar-refractivity contribution in [2.75, 3.05) is 0 Å². The van der Waals surface area contributed by atoms with E-state index >= 15 is 0 Å². The van der Waals surface area contributed by atoms with Gasteiger partial charge in [0, 0.05) is 0 Å². The summed E-state index contributed by atoms with van der Waals surface area (Å²) in [7, 11) is 0. The number of phenolic OH excluding ortho intramolecular Hbond substituents is 1. The van der Waals surface area contributed by atoms with E-state index in [1.165, 1.54) is 0 Å². The lowest BCUT2D eigenvalue weighted by molar-refractivity contribution is 0.475. The van der Waals surface area contributed by atoms with Crippen LogP contribution >= 0.6 is 0 Å². The Labute approximate surface area is 99.1 Å². The van der Waals surface area contributed by atoms with E-state index in [4.69, 9.17) is 0 Å². The van der Waals surface area contributed by atoms with Crippen LogP contribution < -0.4 is 0 Å². The molecule has 1 atom stereocenters. The second-order valence-electron chi connectivity index (χ2n) is 3.63. The van der Waals surface area contributed by atoms with Gasteiger partial charge < -0.3 is 5.11 Å². The van der Waals surface area contributed by atoms with Crippen LogP contribution in [0.25, 0.3) is 0 Å². The predicted molar refractivity (Wildman–Crippen MR) is 64.5 cm³/mol. The number of hydrogen-bond acceptors (Lipinski definition) is 3. The molecule has 0 fully saturated rings. The Kier molecular flexibility index (Phi) is 3.34. The lowest BCUT2D eigenvalue weighted by Crippen LogP contribution is -1.97. The zero-order valence-corrected chi connectivity index (χ0v) is 9.08. The van der Waals surface area contributed by atoms with Crippen LogP contribution in [0, 0.1) is 0 Å². The van der Waals surface area contributed by atoms with Gasteiger partial charge >= 0.3 is 0 Å². The maximum absolute atomic E-state index is 10.5. The first-order chi connectivity index (χ1) is 8.31.